The van der Waals surface area contributed by atoms with Crippen LogP contribution in [0.4, 0.5) is 13.2 Å². The van der Waals surface area contributed by atoms with Gasteiger partial charge in [-0.3, -0.25) is 9.59 Å². The average Bonchev–Trinajstić information content (AvgIpc) is 3.22. The van der Waals surface area contributed by atoms with E-state index in [2.05, 4.69) is 10.1 Å². The number of nitrogens with one attached hydrogen (secondary N) is 1. The van der Waals surface area contributed by atoms with Crippen molar-refractivity contribution >= 4 is 33.2 Å². The summed E-state index contributed by atoms with van der Waals surface area (Å²) in [5, 5.41) is 3.74. The molecule has 34 heavy (non-hydrogen) atoms. The normalized spacial score (nSPS) is 18.6. The Kier molecular flexibility index (Phi) is 6.70. The van der Waals surface area contributed by atoms with Crippen molar-refractivity contribution in [2.75, 3.05) is 20.2 Å². The molecule has 0 spiro atoms. The summed E-state index contributed by atoms with van der Waals surface area (Å²) >= 11 is 1.41. The van der Waals surface area contributed by atoms with Crippen LogP contribution in [-0.4, -0.2) is 49.3 Å². The molecule has 2 aromatic carbocycles. The molecule has 1 aromatic heterocycles. The molecule has 0 unspecified atom stereocenters. The molecule has 1 aliphatic heterocycles. The molecule has 2 heterocycles. The lowest BCUT2D eigenvalue weighted by atomic mass is 9.93. The Balaban J connectivity index is 1.41. The molecular formula is C24H23F3N2O4S. The first-order valence-electron chi connectivity index (χ1n) is 10.7. The van der Waals surface area contributed by atoms with Crippen LogP contribution in [0, 0.1) is 5.92 Å². The van der Waals surface area contributed by atoms with Gasteiger partial charge in [0.2, 0.25) is 0 Å². The fourth-order valence-electron chi connectivity index (χ4n) is 4.07. The molecule has 1 saturated heterocycles. The number of carbonyl (C=O) groups excluding carboxylic acids is 2. The van der Waals surface area contributed by atoms with Crippen molar-refractivity contribution < 1.29 is 32.2 Å². The van der Waals surface area contributed by atoms with E-state index in [1.54, 1.807) is 12.0 Å². The zero-order valence-corrected chi connectivity index (χ0v) is 19.3. The van der Waals surface area contributed by atoms with Gasteiger partial charge in [0.1, 0.15) is 11.5 Å². The van der Waals surface area contributed by atoms with Gasteiger partial charge in [0.05, 0.1) is 17.6 Å². The summed E-state index contributed by atoms with van der Waals surface area (Å²) in [7, 11) is 1.59. The molecule has 0 radical (unpaired) electrons. The van der Waals surface area contributed by atoms with Gasteiger partial charge >= 0.3 is 6.36 Å². The van der Waals surface area contributed by atoms with E-state index >= 15 is 0 Å². The zero-order valence-electron chi connectivity index (χ0n) is 18.5. The van der Waals surface area contributed by atoms with E-state index < -0.39 is 18.0 Å². The molecule has 1 N–H and O–H groups in total. The number of carbonyl (C=O) groups is 2. The smallest absolute Gasteiger partial charge is 0.497 e. The molecule has 3 aromatic rings. The van der Waals surface area contributed by atoms with Crippen LogP contribution in [0.3, 0.4) is 0 Å². The van der Waals surface area contributed by atoms with E-state index in [9.17, 15) is 22.8 Å². The summed E-state index contributed by atoms with van der Waals surface area (Å²) in [4.78, 5) is 28.2. The highest BCUT2D eigenvalue weighted by Gasteiger charge is 2.34. The van der Waals surface area contributed by atoms with Crippen LogP contribution < -0.4 is 14.8 Å². The first-order chi connectivity index (χ1) is 16.1. The Morgan fingerprint density at radius 3 is 2.62 bits per heavy atom. The van der Waals surface area contributed by atoms with E-state index in [1.807, 2.05) is 31.2 Å². The van der Waals surface area contributed by atoms with E-state index in [4.69, 9.17) is 4.74 Å². The van der Waals surface area contributed by atoms with Gasteiger partial charge in [-0.15, -0.1) is 24.5 Å². The first-order valence-corrected chi connectivity index (χ1v) is 11.5. The monoisotopic (exact) mass is 492 g/mol. The highest BCUT2D eigenvalue weighted by molar-refractivity contribution is 7.20. The highest BCUT2D eigenvalue weighted by atomic mass is 32.1. The van der Waals surface area contributed by atoms with Gasteiger partial charge in [-0.25, -0.2) is 0 Å². The molecule has 6 nitrogen and oxygen atoms in total. The topological polar surface area (TPSA) is 67.9 Å². The maximum absolute atomic E-state index is 13.1. The summed E-state index contributed by atoms with van der Waals surface area (Å²) in [6.45, 7) is 2.74. The second kappa shape index (κ2) is 9.54. The number of hydrogen-bond acceptors (Lipinski definition) is 5. The van der Waals surface area contributed by atoms with E-state index in [0.29, 0.717) is 24.4 Å². The molecule has 4 rings (SSSR count). The van der Waals surface area contributed by atoms with Gasteiger partial charge in [0.25, 0.3) is 11.8 Å². The van der Waals surface area contributed by atoms with Crippen LogP contribution in [0.25, 0.3) is 10.1 Å². The number of thiophene rings is 1. The van der Waals surface area contributed by atoms with E-state index in [0.717, 1.165) is 21.9 Å². The maximum Gasteiger partial charge on any atom is 0.573 e. The summed E-state index contributed by atoms with van der Waals surface area (Å²) in [5.74, 6) is -0.645. The number of methoxy groups -OCH3 is 1. The van der Waals surface area contributed by atoms with Crippen molar-refractivity contribution in [1.82, 2.24) is 10.2 Å². The van der Waals surface area contributed by atoms with Gasteiger partial charge in [0.15, 0.2) is 0 Å². The number of fused-ring (bicyclic) bond motifs is 1. The van der Waals surface area contributed by atoms with Gasteiger partial charge < -0.3 is 19.7 Å². The fraction of sp³-hybridized carbons (Fsp3) is 0.333. The Morgan fingerprint density at radius 2 is 1.91 bits per heavy atom. The van der Waals surface area contributed by atoms with Crippen molar-refractivity contribution in [3.8, 4) is 11.5 Å². The summed E-state index contributed by atoms with van der Waals surface area (Å²) in [6, 6.07) is 12.4. The number of alkyl halides is 3. The molecule has 2 atom stereocenters. The van der Waals surface area contributed by atoms with Crippen molar-refractivity contribution in [3.05, 3.63) is 59.0 Å². The number of para-hydroxylation sites is 1. The molecular weight excluding hydrogens is 469 g/mol. The average molecular weight is 493 g/mol. The molecule has 0 aliphatic carbocycles. The number of likely N-dealkylation sites (tertiary alicyclic amines) is 1. The number of hydrogen-bond donors (Lipinski definition) is 1. The van der Waals surface area contributed by atoms with E-state index in [1.165, 1.54) is 29.5 Å². The molecule has 0 saturated carbocycles. The van der Waals surface area contributed by atoms with Gasteiger partial charge in [-0.05, 0) is 54.1 Å². The number of ether oxygens (including phenoxy) is 2. The van der Waals surface area contributed by atoms with Crippen molar-refractivity contribution in [2.24, 2.45) is 5.92 Å². The lowest BCUT2D eigenvalue weighted by Gasteiger charge is -2.37. The third-order valence-corrected chi connectivity index (χ3v) is 6.90. The van der Waals surface area contributed by atoms with Crippen LogP contribution in [0.2, 0.25) is 0 Å². The first kappa shape index (κ1) is 23.9. The van der Waals surface area contributed by atoms with E-state index in [-0.39, 0.29) is 23.4 Å². The fourth-order valence-corrected chi connectivity index (χ4v) is 5.08. The number of rotatable bonds is 5. The predicted molar refractivity (Wildman–Crippen MR) is 122 cm³/mol. The lowest BCUT2D eigenvalue weighted by Crippen LogP contribution is -2.51. The van der Waals surface area contributed by atoms with Crippen LogP contribution in [0.5, 0.6) is 11.5 Å². The summed E-state index contributed by atoms with van der Waals surface area (Å²) in [5.41, 5.74) is -0.189. The standard InChI is InChI=1S/C24H23F3N2O4S/c1-14-13-29(23(31)21-12-15-11-16(32-2)7-8-20(15)34-21)10-9-18(14)28-22(30)17-5-3-4-6-19(17)33-24(25,26)27/h3-8,11-12,14,18H,9-10,13H2,1-2H3,(H,28,30)/t14-,18+/m0/s1. The lowest BCUT2D eigenvalue weighted by molar-refractivity contribution is -0.274. The Morgan fingerprint density at radius 1 is 1.15 bits per heavy atom. The maximum atomic E-state index is 13.1. The van der Waals surface area contributed by atoms with Crippen LogP contribution >= 0.6 is 11.3 Å². The van der Waals surface area contributed by atoms with Gasteiger partial charge in [0, 0.05) is 23.8 Å². The zero-order chi connectivity index (χ0) is 24.5. The Labute approximate surface area is 198 Å². The minimum Gasteiger partial charge on any atom is -0.497 e. The van der Waals surface area contributed by atoms with Crippen molar-refractivity contribution in [2.45, 2.75) is 25.7 Å². The Hall–Kier alpha value is -3.27. The third-order valence-electron chi connectivity index (χ3n) is 5.80. The minimum absolute atomic E-state index is 0.0827. The largest absolute Gasteiger partial charge is 0.573 e. The summed E-state index contributed by atoms with van der Waals surface area (Å²) in [6.07, 6.45) is -4.41. The number of benzene rings is 2. The number of nitrogens with zero attached hydrogens (tertiary/aromatic N) is 1. The minimum atomic E-state index is -4.90. The Bertz CT molecular complexity index is 1210. The second-order valence-electron chi connectivity index (χ2n) is 8.16. The molecule has 180 valence electrons. The van der Waals surface area contributed by atoms with Crippen molar-refractivity contribution in [1.29, 1.82) is 0 Å². The third kappa shape index (κ3) is 5.27. The molecule has 2 amide bonds. The molecule has 1 fully saturated rings. The predicted octanol–water partition coefficient (Wildman–Crippen LogP) is 5.09. The SMILES string of the molecule is COc1ccc2sc(C(=O)N3CC[C@@H](NC(=O)c4ccccc4OC(F)(F)F)[C@@H](C)C3)cc2c1. The quantitative estimate of drug-likeness (QED) is 0.539. The molecule has 10 heteroatoms. The number of amides is 2. The second-order valence-corrected chi connectivity index (χ2v) is 9.24. The van der Waals surface area contributed by atoms with Crippen LogP contribution in [-0.2, 0) is 0 Å². The summed E-state index contributed by atoms with van der Waals surface area (Å²) < 4.78 is 48.2. The van der Waals surface area contributed by atoms with Gasteiger partial charge in [-0.2, -0.15) is 0 Å². The highest BCUT2D eigenvalue weighted by Crippen LogP contribution is 2.31. The number of halogens is 3. The number of piperidine rings is 1. The van der Waals surface area contributed by atoms with Gasteiger partial charge in [-0.1, -0.05) is 19.1 Å². The van der Waals surface area contributed by atoms with Crippen LogP contribution in [0.15, 0.2) is 48.5 Å². The molecule has 1 aliphatic rings. The van der Waals surface area contributed by atoms with Crippen LogP contribution in [0.1, 0.15) is 33.4 Å². The van der Waals surface area contributed by atoms with Crippen molar-refractivity contribution in [3.63, 3.8) is 0 Å². The molecule has 0 bridgehead atoms.